The molecule has 0 aromatic heterocycles. The summed E-state index contributed by atoms with van der Waals surface area (Å²) in [5.74, 6) is -1.12. The fourth-order valence-corrected chi connectivity index (χ4v) is 5.84. The first-order valence-electron chi connectivity index (χ1n) is 10.6. The van der Waals surface area contributed by atoms with Crippen molar-refractivity contribution in [2.75, 3.05) is 0 Å². The Balaban J connectivity index is 1.99. The van der Waals surface area contributed by atoms with Crippen LogP contribution in [0.4, 0.5) is 22.0 Å². The maximum absolute atomic E-state index is 14.4. The van der Waals surface area contributed by atoms with Gasteiger partial charge in [-0.3, -0.25) is 9.13 Å². The number of hydrogen-bond donors (Lipinski definition) is 4. The van der Waals surface area contributed by atoms with Crippen LogP contribution < -0.4 is 0 Å². The second kappa shape index (κ2) is 10.8. The molecule has 39 heavy (non-hydrogen) atoms. The number of benzene rings is 3. The van der Waals surface area contributed by atoms with Crippen molar-refractivity contribution in [2.45, 2.75) is 29.3 Å². The van der Waals surface area contributed by atoms with Crippen molar-refractivity contribution in [3.8, 4) is 0 Å². The SMILES string of the molecule is O=P(O)(O)C(F)(F)c1ccc(CN(Cc2ccc(C(F)(F)P(=O)(O)O)cc2)S(=O)(=O)c2ccccc2F)cc1. The third-order valence-corrected chi connectivity index (χ3v) is 9.31. The average molecular weight is 615 g/mol. The van der Waals surface area contributed by atoms with Crippen molar-refractivity contribution in [2.24, 2.45) is 0 Å². The summed E-state index contributed by atoms with van der Waals surface area (Å²) in [6.07, 6.45) is 0. The summed E-state index contributed by atoms with van der Waals surface area (Å²) in [6.45, 7) is -1.14. The van der Waals surface area contributed by atoms with Crippen LogP contribution >= 0.6 is 15.2 Å². The number of sulfonamides is 1. The Bertz CT molecular complexity index is 1460. The van der Waals surface area contributed by atoms with E-state index in [2.05, 4.69) is 0 Å². The lowest BCUT2D eigenvalue weighted by Crippen LogP contribution is -2.31. The Morgan fingerprint density at radius 1 is 0.667 bits per heavy atom. The van der Waals surface area contributed by atoms with Crippen molar-refractivity contribution < 1.29 is 59.1 Å². The van der Waals surface area contributed by atoms with Crippen molar-refractivity contribution in [1.29, 1.82) is 0 Å². The first kappa shape index (κ1) is 31.1. The van der Waals surface area contributed by atoms with Gasteiger partial charge < -0.3 is 19.6 Å². The third-order valence-electron chi connectivity index (χ3n) is 5.51. The maximum Gasteiger partial charge on any atom is 0.399 e. The van der Waals surface area contributed by atoms with Gasteiger partial charge in [-0.1, -0.05) is 60.7 Å². The van der Waals surface area contributed by atoms with Crippen LogP contribution in [0.25, 0.3) is 0 Å². The van der Waals surface area contributed by atoms with Crippen LogP contribution in [-0.2, 0) is 43.6 Å². The van der Waals surface area contributed by atoms with Gasteiger partial charge in [0.2, 0.25) is 10.0 Å². The van der Waals surface area contributed by atoms with Gasteiger partial charge in [-0.2, -0.15) is 21.9 Å². The Morgan fingerprint density at radius 3 is 1.36 bits per heavy atom. The van der Waals surface area contributed by atoms with E-state index >= 15 is 0 Å². The minimum absolute atomic E-state index is 0.0461. The Labute approximate surface area is 218 Å². The topological polar surface area (TPSA) is 152 Å². The van der Waals surface area contributed by atoms with Gasteiger partial charge in [-0.15, -0.1) is 0 Å². The largest absolute Gasteiger partial charge is 0.399 e. The molecule has 0 unspecified atom stereocenters. The number of rotatable bonds is 10. The van der Waals surface area contributed by atoms with E-state index in [1.54, 1.807) is 0 Å². The standard InChI is InChI=1S/C22H20F5NO8P2S/c23-19-3-1-2-4-20(19)39(35,36)28(13-15-5-9-17(10-6-15)21(24,25)37(29,30)31)14-16-7-11-18(12-8-16)22(26,27)38(32,33)34/h1-12H,13-14H2,(H2,29,30,31)(H2,32,33,34). The lowest BCUT2D eigenvalue weighted by Gasteiger charge is -2.24. The first-order chi connectivity index (χ1) is 17.8. The monoisotopic (exact) mass is 615 g/mol. The molecular weight excluding hydrogens is 595 g/mol. The van der Waals surface area contributed by atoms with E-state index < -0.39 is 71.5 Å². The number of halogens is 5. The lowest BCUT2D eigenvalue weighted by atomic mass is 10.1. The number of nitrogens with zero attached hydrogens (tertiary/aromatic N) is 1. The fraction of sp³-hybridized carbons (Fsp3) is 0.182. The summed E-state index contributed by atoms with van der Waals surface area (Å²) in [7, 11) is -16.4. The number of alkyl halides is 4. The second-order valence-electron chi connectivity index (χ2n) is 8.27. The summed E-state index contributed by atoms with van der Waals surface area (Å²) >= 11 is 0. The molecule has 3 aromatic carbocycles. The zero-order valence-corrected chi connectivity index (χ0v) is 22.0. The van der Waals surface area contributed by atoms with Crippen molar-refractivity contribution >= 4 is 25.2 Å². The molecule has 212 valence electrons. The van der Waals surface area contributed by atoms with Crippen LogP contribution in [0.3, 0.4) is 0 Å². The molecule has 0 bridgehead atoms. The van der Waals surface area contributed by atoms with Gasteiger partial charge in [0.25, 0.3) is 0 Å². The van der Waals surface area contributed by atoms with Crippen molar-refractivity contribution in [3.05, 3.63) is 101 Å². The van der Waals surface area contributed by atoms with Gasteiger partial charge in [0.15, 0.2) is 0 Å². The summed E-state index contributed by atoms with van der Waals surface area (Å²) in [5.41, 5.74) is -11.0. The van der Waals surface area contributed by atoms with Crippen molar-refractivity contribution in [1.82, 2.24) is 4.31 Å². The van der Waals surface area contributed by atoms with E-state index in [1.165, 1.54) is 12.1 Å². The van der Waals surface area contributed by atoms with E-state index in [4.69, 9.17) is 19.6 Å². The average Bonchev–Trinajstić information content (AvgIpc) is 2.83. The van der Waals surface area contributed by atoms with E-state index in [-0.39, 0.29) is 11.1 Å². The van der Waals surface area contributed by atoms with Crippen LogP contribution in [-0.4, -0.2) is 32.3 Å². The summed E-state index contributed by atoms with van der Waals surface area (Å²) in [6, 6.07) is 11.0. The molecule has 0 aliphatic heterocycles. The quantitative estimate of drug-likeness (QED) is 0.190. The van der Waals surface area contributed by atoms with Crippen LogP contribution in [0, 0.1) is 5.82 Å². The summed E-state index contributed by atoms with van der Waals surface area (Å²) < 4.78 is 120. The molecule has 3 rings (SSSR count). The van der Waals surface area contributed by atoms with Crippen molar-refractivity contribution in [3.63, 3.8) is 0 Å². The molecule has 0 saturated heterocycles. The molecular formula is C22H20F5NO8P2S. The molecule has 0 fully saturated rings. The first-order valence-corrected chi connectivity index (χ1v) is 15.3. The molecule has 0 radical (unpaired) electrons. The van der Waals surface area contributed by atoms with E-state index in [0.717, 1.165) is 36.4 Å². The fourth-order valence-electron chi connectivity index (χ4n) is 3.38. The zero-order valence-electron chi connectivity index (χ0n) is 19.4. The van der Waals surface area contributed by atoms with Crippen LogP contribution in [0.15, 0.2) is 77.7 Å². The molecule has 0 saturated carbocycles. The molecule has 4 N–H and O–H groups in total. The minimum Gasteiger partial charge on any atom is -0.320 e. The minimum atomic E-state index is -5.86. The molecule has 0 spiro atoms. The maximum atomic E-state index is 14.4. The zero-order chi connectivity index (χ0) is 29.4. The molecule has 3 aromatic rings. The van der Waals surface area contributed by atoms with Gasteiger partial charge in [-0.05, 0) is 23.3 Å². The van der Waals surface area contributed by atoms with Crippen LogP contribution in [0.5, 0.6) is 0 Å². The molecule has 0 aliphatic carbocycles. The molecule has 17 heteroatoms. The predicted molar refractivity (Wildman–Crippen MR) is 128 cm³/mol. The van der Waals surface area contributed by atoms with Gasteiger partial charge in [0.1, 0.15) is 10.7 Å². The van der Waals surface area contributed by atoms with Gasteiger partial charge in [-0.25, -0.2) is 12.8 Å². The highest BCUT2D eigenvalue weighted by atomic mass is 32.2. The Morgan fingerprint density at radius 2 is 1.03 bits per heavy atom. The van der Waals surface area contributed by atoms with Crippen LogP contribution in [0.2, 0.25) is 0 Å². The highest BCUT2D eigenvalue weighted by Crippen LogP contribution is 2.60. The van der Waals surface area contributed by atoms with E-state index in [9.17, 15) is 39.5 Å². The van der Waals surface area contributed by atoms with Gasteiger partial charge in [0, 0.05) is 24.2 Å². The molecule has 0 aliphatic rings. The smallest absolute Gasteiger partial charge is 0.320 e. The van der Waals surface area contributed by atoms with Gasteiger partial charge in [0.05, 0.1) is 0 Å². The van der Waals surface area contributed by atoms with Gasteiger partial charge >= 0.3 is 26.5 Å². The highest BCUT2D eigenvalue weighted by Gasteiger charge is 2.51. The van der Waals surface area contributed by atoms with E-state index in [0.29, 0.717) is 28.6 Å². The molecule has 0 heterocycles. The van der Waals surface area contributed by atoms with E-state index in [1.807, 2.05) is 0 Å². The molecule has 0 amide bonds. The lowest BCUT2D eigenvalue weighted by molar-refractivity contribution is 0.0564. The molecule has 0 atom stereocenters. The van der Waals surface area contributed by atoms with Crippen LogP contribution in [0.1, 0.15) is 22.3 Å². The second-order valence-corrected chi connectivity index (χ2v) is 13.5. The number of hydrogen-bond acceptors (Lipinski definition) is 4. The Kier molecular flexibility index (Phi) is 8.62. The normalized spacial score (nSPS) is 13.6. The highest BCUT2D eigenvalue weighted by molar-refractivity contribution is 7.89. The predicted octanol–water partition coefficient (Wildman–Crippen LogP) is 4.67. The summed E-state index contributed by atoms with van der Waals surface area (Å²) in [5, 5.41) is 0. The Hall–Kier alpha value is -2.48. The molecule has 9 nitrogen and oxygen atoms in total. The third kappa shape index (κ3) is 6.47. The summed E-state index contributed by atoms with van der Waals surface area (Å²) in [4.78, 5) is 34.8.